The van der Waals surface area contributed by atoms with Crippen molar-refractivity contribution in [2.24, 2.45) is 0 Å². The Balaban J connectivity index is 2.21. The lowest BCUT2D eigenvalue weighted by Crippen LogP contribution is -2.26. The van der Waals surface area contributed by atoms with Crippen molar-refractivity contribution in [2.75, 3.05) is 17.7 Å². The lowest BCUT2D eigenvalue weighted by atomic mass is 10.1. The fourth-order valence-corrected chi connectivity index (χ4v) is 1.98. The van der Waals surface area contributed by atoms with Gasteiger partial charge in [-0.1, -0.05) is 6.07 Å². The highest BCUT2D eigenvalue weighted by Gasteiger charge is 2.14. The average Bonchev–Trinajstić information content (AvgIpc) is 2.46. The molecule has 0 atom stereocenters. The predicted octanol–water partition coefficient (Wildman–Crippen LogP) is 3.33. The zero-order chi connectivity index (χ0) is 15.4. The molecule has 0 saturated heterocycles. The average molecular weight is 284 g/mol. The van der Waals surface area contributed by atoms with Crippen LogP contribution in [0, 0.1) is 0 Å². The van der Waals surface area contributed by atoms with E-state index < -0.39 is 0 Å². The first-order chi connectivity index (χ1) is 9.97. The molecule has 2 aromatic rings. The molecule has 0 aliphatic rings. The number of nitrogens with zero attached hydrogens (tertiary/aromatic N) is 1. The van der Waals surface area contributed by atoms with Crippen LogP contribution in [0.15, 0.2) is 48.5 Å². The highest BCUT2D eigenvalue weighted by atomic mass is 16.5. The largest absolute Gasteiger partial charge is 0.491 e. The lowest BCUT2D eigenvalue weighted by Gasteiger charge is -2.18. The molecule has 4 nitrogen and oxygen atoms in total. The summed E-state index contributed by atoms with van der Waals surface area (Å²) in [4.78, 5) is 14.1. The summed E-state index contributed by atoms with van der Waals surface area (Å²) < 4.78 is 5.62. The van der Waals surface area contributed by atoms with Crippen LogP contribution in [-0.2, 0) is 0 Å². The van der Waals surface area contributed by atoms with Gasteiger partial charge in [-0.05, 0) is 56.3 Å². The third-order valence-electron chi connectivity index (χ3n) is 3.04. The number of ether oxygens (including phenoxy) is 1. The van der Waals surface area contributed by atoms with E-state index >= 15 is 0 Å². The minimum absolute atomic E-state index is 0.0742. The van der Waals surface area contributed by atoms with Gasteiger partial charge >= 0.3 is 0 Å². The summed E-state index contributed by atoms with van der Waals surface area (Å²) in [5.41, 5.74) is 7.72. The van der Waals surface area contributed by atoms with Gasteiger partial charge in [0, 0.05) is 24.0 Å². The van der Waals surface area contributed by atoms with Gasteiger partial charge in [0.2, 0.25) is 0 Å². The van der Waals surface area contributed by atoms with E-state index in [-0.39, 0.29) is 12.0 Å². The molecule has 2 aromatic carbocycles. The number of nitrogen functional groups attached to an aromatic ring is 1. The number of anilines is 2. The van der Waals surface area contributed by atoms with E-state index in [1.165, 1.54) is 0 Å². The number of rotatable bonds is 4. The van der Waals surface area contributed by atoms with Gasteiger partial charge in [-0.25, -0.2) is 0 Å². The molecule has 21 heavy (non-hydrogen) atoms. The van der Waals surface area contributed by atoms with Crippen LogP contribution >= 0.6 is 0 Å². The van der Waals surface area contributed by atoms with Crippen molar-refractivity contribution in [3.8, 4) is 5.75 Å². The molecule has 0 fully saturated rings. The number of nitrogens with two attached hydrogens (primary N) is 1. The Morgan fingerprint density at radius 2 is 1.81 bits per heavy atom. The first-order valence-electron chi connectivity index (χ1n) is 6.87. The Kier molecular flexibility index (Phi) is 4.48. The molecule has 0 heterocycles. The second-order valence-corrected chi connectivity index (χ2v) is 5.15. The van der Waals surface area contributed by atoms with E-state index in [4.69, 9.17) is 10.5 Å². The summed E-state index contributed by atoms with van der Waals surface area (Å²) in [6.07, 6.45) is 0.0742. The maximum absolute atomic E-state index is 12.5. The fraction of sp³-hybridized carbons (Fsp3) is 0.235. The monoisotopic (exact) mass is 284 g/mol. The summed E-state index contributed by atoms with van der Waals surface area (Å²) in [7, 11) is 1.74. The third kappa shape index (κ3) is 3.75. The van der Waals surface area contributed by atoms with Crippen molar-refractivity contribution < 1.29 is 9.53 Å². The number of benzene rings is 2. The minimum atomic E-state index is -0.0889. The second-order valence-electron chi connectivity index (χ2n) is 5.15. The molecule has 0 saturated carbocycles. The van der Waals surface area contributed by atoms with Crippen LogP contribution in [0.25, 0.3) is 0 Å². The molecule has 0 aliphatic carbocycles. The van der Waals surface area contributed by atoms with Gasteiger partial charge in [0.25, 0.3) is 5.91 Å². The van der Waals surface area contributed by atoms with Crippen molar-refractivity contribution in [1.82, 2.24) is 0 Å². The Morgan fingerprint density at radius 1 is 1.14 bits per heavy atom. The van der Waals surface area contributed by atoms with Crippen molar-refractivity contribution in [2.45, 2.75) is 20.0 Å². The summed E-state index contributed by atoms with van der Waals surface area (Å²) >= 11 is 0. The summed E-state index contributed by atoms with van der Waals surface area (Å²) in [6.45, 7) is 3.91. The highest BCUT2D eigenvalue weighted by Crippen LogP contribution is 2.20. The van der Waals surface area contributed by atoms with E-state index in [2.05, 4.69) is 0 Å². The van der Waals surface area contributed by atoms with Crippen molar-refractivity contribution in [3.05, 3.63) is 54.1 Å². The van der Waals surface area contributed by atoms with Crippen molar-refractivity contribution in [1.29, 1.82) is 0 Å². The number of amides is 1. The Labute approximate surface area is 125 Å². The van der Waals surface area contributed by atoms with Crippen LogP contribution in [0.2, 0.25) is 0 Å². The van der Waals surface area contributed by atoms with Crippen LogP contribution in [0.5, 0.6) is 5.75 Å². The summed E-state index contributed by atoms with van der Waals surface area (Å²) in [5, 5.41) is 0. The van der Waals surface area contributed by atoms with Crippen molar-refractivity contribution >= 4 is 17.3 Å². The molecular formula is C17H20N2O2. The molecular weight excluding hydrogens is 264 g/mol. The van der Waals surface area contributed by atoms with Gasteiger partial charge in [0.1, 0.15) is 5.75 Å². The zero-order valence-corrected chi connectivity index (χ0v) is 12.5. The maximum atomic E-state index is 12.5. The summed E-state index contributed by atoms with van der Waals surface area (Å²) in [5.74, 6) is 0.607. The molecule has 0 radical (unpaired) electrons. The molecule has 2 N–H and O–H groups in total. The van der Waals surface area contributed by atoms with Crippen LogP contribution in [-0.4, -0.2) is 19.1 Å². The van der Waals surface area contributed by atoms with Crippen LogP contribution in [0.1, 0.15) is 24.2 Å². The van der Waals surface area contributed by atoms with E-state index in [1.807, 2.05) is 38.1 Å². The molecule has 4 heteroatoms. The van der Waals surface area contributed by atoms with Gasteiger partial charge in [0.05, 0.1) is 6.10 Å². The topological polar surface area (TPSA) is 55.6 Å². The number of carbonyl (C=O) groups excluding carboxylic acids is 1. The van der Waals surface area contributed by atoms with Gasteiger partial charge in [-0.3, -0.25) is 4.79 Å². The first-order valence-corrected chi connectivity index (χ1v) is 6.87. The van der Waals surface area contributed by atoms with Gasteiger partial charge in [-0.15, -0.1) is 0 Å². The van der Waals surface area contributed by atoms with Crippen LogP contribution < -0.4 is 15.4 Å². The highest BCUT2D eigenvalue weighted by molar-refractivity contribution is 6.06. The van der Waals surface area contributed by atoms with E-state index in [9.17, 15) is 4.79 Å². The van der Waals surface area contributed by atoms with Gasteiger partial charge in [0.15, 0.2) is 0 Å². The molecule has 0 aromatic heterocycles. The standard InChI is InChI=1S/C17H20N2O2/c1-12(2)21-16-6-4-5-13(11-16)17(20)19(3)15-9-7-14(18)8-10-15/h4-12H,18H2,1-3H3. The number of carbonyl (C=O) groups is 1. The predicted molar refractivity (Wildman–Crippen MR) is 85.8 cm³/mol. The molecule has 0 unspecified atom stereocenters. The number of hydrogen-bond donors (Lipinski definition) is 1. The smallest absolute Gasteiger partial charge is 0.258 e. The molecule has 2 rings (SSSR count). The summed E-state index contributed by atoms with van der Waals surface area (Å²) in [6, 6.07) is 14.4. The molecule has 0 spiro atoms. The Morgan fingerprint density at radius 3 is 2.43 bits per heavy atom. The molecule has 1 amide bonds. The lowest BCUT2D eigenvalue weighted by molar-refractivity contribution is 0.0992. The Hall–Kier alpha value is -2.49. The van der Waals surface area contributed by atoms with Gasteiger partial charge in [-0.2, -0.15) is 0 Å². The van der Waals surface area contributed by atoms with Gasteiger partial charge < -0.3 is 15.4 Å². The molecule has 0 aliphatic heterocycles. The normalized spacial score (nSPS) is 10.5. The van der Waals surface area contributed by atoms with E-state index in [0.29, 0.717) is 17.0 Å². The first kappa shape index (κ1) is 14.9. The molecule has 110 valence electrons. The maximum Gasteiger partial charge on any atom is 0.258 e. The van der Waals surface area contributed by atoms with E-state index in [0.717, 1.165) is 5.69 Å². The van der Waals surface area contributed by atoms with E-state index in [1.54, 1.807) is 36.2 Å². The third-order valence-corrected chi connectivity index (χ3v) is 3.04. The quantitative estimate of drug-likeness (QED) is 0.876. The Bertz CT molecular complexity index is 621. The van der Waals surface area contributed by atoms with Crippen LogP contribution in [0.4, 0.5) is 11.4 Å². The minimum Gasteiger partial charge on any atom is -0.491 e. The van der Waals surface area contributed by atoms with Crippen molar-refractivity contribution in [3.63, 3.8) is 0 Å². The molecule has 0 bridgehead atoms. The fourth-order valence-electron chi connectivity index (χ4n) is 1.98. The zero-order valence-electron chi connectivity index (χ0n) is 12.5. The van der Waals surface area contributed by atoms with Crippen LogP contribution in [0.3, 0.4) is 0 Å². The number of hydrogen-bond acceptors (Lipinski definition) is 3. The second kappa shape index (κ2) is 6.31. The SMILES string of the molecule is CC(C)Oc1cccc(C(=O)N(C)c2ccc(N)cc2)c1.